The third kappa shape index (κ3) is 11.0. The molecule has 85 heavy (non-hydrogen) atoms. The Labute approximate surface area is 501 Å². The number of aliphatic imine (C=N–C) groups is 2. The number of ether oxygens (including phenoxy) is 8. The maximum Gasteiger partial charge on any atom is 0.367 e. The van der Waals surface area contributed by atoms with Crippen molar-refractivity contribution < 1.29 is 57.1 Å². The molecule has 0 aliphatic carbocycles. The second kappa shape index (κ2) is 24.2. The number of hydrogen-bond donors (Lipinski definition) is 1. The minimum atomic E-state index is -2.80. The Morgan fingerprint density at radius 1 is 0.471 bits per heavy atom. The van der Waals surface area contributed by atoms with Crippen molar-refractivity contribution in [2.45, 2.75) is 37.6 Å². The monoisotopic (exact) mass is 1200 g/mol. The van der Waals surface area contributed by atoms with Crippen LogP contribution in [0.15, 0.2) is 168 Å². The smallest absolute Gasteiger partial charge is 0.367 e. The minimum absolute atomic E-state index is 0.0169. The fourth-order valence-corrected chi connectivity index (χ4v) is 13.8. The summed E-state index contributed by atoms with van der Waals surface area (Å²) in [6.07, 6.45) is 0. The Hall–Kier alpha value is -10.4. The lowest BCUT2D eigenvalue weighted by atomic mass is 9.78. The molecule has 0 atom stereocenters. The summed E-state index contributed by atoms with van der Waals surface area (Å²) in [4.78, 5) is 73.6. The number of carbonyl (C=O) groups excluding carboxylic acids is 4. The molecule has 0 radical (unpaired) electrons. The van der Waals surface area contributed by atoms with Crippen molar-refractivity contribution in [3.8, 4) is 81.6 Å². The van der Waals surface area contributed by atoms with Crippen LogP contribution < -0.4 is 24.7 Å². The SMILES string of the molecule is COc1cc(N=C(N)C#N)sc1-c1cc2c(s1)-c1cc3c(cc1C(C(=O)OCc1ccccc1)(C(=O)OCc1ccccc1)O2)-c1sc(-c2sc(N=C(C#N)C#N)cc2OC)cc1OC3(C(=O)OCc1ccccc1)C(=O)OCc1ccccc1. The summed E-state index contributed by atoms with van der Waals surface area (Å²) in [7, 11) is 2.88. The first-order chi connectivity index (χ1) is 41.4. The zero-order valence-electron chi connectivity index (χ0n) is 44.7. The molecule has 18 nitrogen and oxygen atoms in total. The van der Waals surface area contributed by atoms with Gasteiger partial charge in [0.15, 0.2) is 0 Å². The summed E-state index contributed by atoms with van der Waals surface area (Å²) < 4.78 is 50.0. The number of rotatable bonds is 18. The first-order valence-corrected chi connectivity index (χ1v) is 28.9. The number of nitrogens with two attached hydrogens (primary N) is 1. The molecule has 0 saturated carbocycles. The van der Waals surface area contributed by atoms with Crippen LogP contribution in [0.5, 0.6) is 23.0 Å². The number of esters is 4. The Kier molecular flexibility index (Phi) is 16.1. The zero-order valence-corrected chi connectivity index (χ0v) is 48.0. The lowest BCUT2D eigenvalue weighted by molar-refractivity contribution is -0.185. The van der Waals surface area contributed by atoms with Crippen LogP contribution in [-0.2, 0) is 75.8 Å². The molecular formula is C63H42N6O12S4. The van der Waals surface area contributed by atoms with Crippen LogP contribution in [0.2, 0.25) is 0 Å². The molecule has 11 rings (SSSR count). The standard InChI is InChI=1S/C63H42N6O12S4/c1-74-45-27-52(68-40(29-64)30-65)84-56(45)49-25-47-54(82-49)41-23-44-42(24-43(41)62(80-47,58(70)76-32-36-15-7-3-8-16-36)59(71)77-33-37-17-9-4-10-18-37)55-48(26-50(83-55)57-46(75-2)28-53(85-57)69-51(67)31-66)81-63(44,60(72)78-34-38-19-11-5-12-20-38)61(73)79-35-39-21-13-6-14-22-39/h3-28H,32-35H2,1-2H3,(H2,67,69). The van der Waals surface area contributed by atoms with Crippen LogP contribution in [0.1, 0.15) is 33.4 Å². The predicted molar refractivity (Wildman–Crippen MR) is 318 cm³/mol. The number of amidine groups is 1. The molecule has 0 unspecified atom stereocenters. The van der Waals surface area contributed by atoms with Gasteiger partial charge in [-0.05, 0) is 34.4 Å². The lowest BCUT2D eigenvalue weighted by Gasteiger charge is -2.39. The van der Waals surface area contributed by atoms with Gasteiger partial charge in [0.2, 0.25) is 11.5 Å². The molecule has 4 aromatic heterocycles. The van der Waals surface area contributed by atoms with E-state index < -0.39 is 40.8 Å². The number of benzene rings is 5. The van der Waals surface area contributed by atoms with E-state index in [4.69, 9.17) is 43.6 Å². The summed E-state index contributed by atoms with van der Waals surface area (Å²) in [6, 6.07) is 49.9. The van der Waals surface area contributed by atoms with Gasteiger partial charge in [-0.2, -0.15) is 15.8 Å². The minimum Gasteiger partial charge on any atom is -0.495 e. The normalized spacial score (nSPS) is 13.0. The van der Waals surface area contributed by atoms with E-state index >= 15 is 19.2 Å². The topological polar surface area (TPSA) is 264 Å². The molecule has 9 aromatic rings. The highest BCUT2D eigenvalue weighted by molar-refractivity contribution is 7.26. The molecule has 5 aromatic carbocycles. The number of fused-ring (bicyclic) bond motifs is 6. The summed E-state index contributed by atoms with van der Waals surface area (Å²) >= 11 is 4.50. The van der Waals surface area contributed by atoms with Crippen LogP contribution in [0.3, 0.4) is 0 Å². The molecule has 0 amide bonds. The number of nitriles is 3. The molecule has 0 fully saturated rings. The highest BCUT2D eigenvalue weighted by Gasteiger charge is 2.62. The molecule has 22 heteroatoms. The van der Waals surface area contributed by atoms with Crippen molar-refractivity contribution in [3.05, 3.63) is 191 Å². The highest BCUT2D eigenvalue weighted by atomic mass is 32.1. The Morgan fingerprint density at radius 2 is 0.812 bits per heavy atom. The van der Waals surface area contributed by atoms with Gasteiger partial charge >= 0.3 is 35.1 Å². The van der Waals surface area contributed by atoms with Gasteiger partial charge in [-0.3, -0.25) is 0 Å². The highest BCUT2D eigenvalue weighted by Crippen LogP contribution is 2.61. The van der Waals surface area contributed by atoms with Crippen molar-refractivity contribution in [1.82, 2.24) is 0 Å². The predicted octanol–water partition coefficient (Wildman–Crippen LogP) is 12.4. The maximum absolute atomic E-state index is 15.7. The van der Waals surface area contributed by atoms with E-state index in [1.54, 1.807) is 158 Å². The second-order valence-electron chi connectivity index (χ2n) is 18.6. The third-order valence-corrected chi connectivity index (χ3v) is 18.0. The van der Waals surface area contributed by atoms with E-state index in [2.05, 4.69) is 9.98 Å². The molecule has 0 saturated heterocycles. The van der Waals surface area contributed by atoms with Crippen molar-refractivity contribution in [2.24, 2.45) is 15.7 Å². The molecule has 0 bridgehead atoms. The fourth-order valence-electron chi connectivity index (χ4n) is 9.38. The second-order valence-corrected chi connectivity index (χ2v) is 22.8. The van der Waals surface area contributed by atoms with E-state index in [-0.39, 0.29) is 71.0 Å². The molecule has 0 spiro atoms. The van der Waals surface area contributed by atoms with Gasteiger partial charge in [-0.15, -0.1) is 45.3 Å². The quantitative estimate of drug-likeness (QED) is 0.0275. The molecule has 2 N–H and O–H groups in total. The lowest BCUT2D eigenvalue weighted by Crippen LogP contribution is -2.54. The first kappa shape index (κ1) is 56.5. The van der Waals surface area contributed by atoms with Crippen molar-refractivity contribution in [2.75, 3.05) is 14.2 Å². The Morgan fingerprint density at radius 3 is 1.13 bits per heavy atom. The number of thiophene rings is 4. The number of carbonyl (C=O) groups is 4. The van der Waals surface area contributed by atoms with Crippen LogP contribution in [0.4, 0.5) is 10.0 Å². The fraction of sp³-hybridized carbons (Fsp3) is 0.127. The molecular weight excluding hydrogens is 1160 g/mol. The van der Waals surface area contributed by atoms with Crippen LogP contribution in [-0.4, -0.2) is 49.6 Å². The molecule has 6 heterocycles. The van der Waals surface area contributed by atoms with E-state index in [0.717, 1.165) is 45.3 Å². The van der Waals surface area contributed by atoms with E-state index in [1.807, 2.05) is 6.07 Å². The largest absolute Gasteiger partial charge is 0.495 e. The van der Waals surface area contributed by atoms with Crippen LogP contribution in [0, 0.1) is 34.0 Å². The van der Waals surface area contributed by atoms with Gasteiger partial charge in [-0.1, -0.05) is 121 Å². The van der Waals surface area contributed by atoms with E-state index in [0.29, 0.717) is 68.0 Å². The summed E-state index contributed by atoms with van der Waals surface area (Å²) in [5, 5.41) is 29.3. The first-order valence-electron chi connectivity index (χ1n) is 25.6. The van der Waals surface area contributed by atoms with Gasteiger partial charge in [0, 0.05) is 46.5 Å². The Balaban J connectivity index is 1.19. The van der Waals surface area contributed by atoms with Gasteiger partial charge in [-0.25, -0.2) is 29.2 Å². The average molecular weight is 1200 g/mol. The van der Waals surface area contributed by atoms with Gasteiger partial charge < -0.3 is 43.6 Å². The third-order valence-electron chi connectivity index (χ3n) is 13.4. The molecule has 2 aliphatic heterocycles. The van der Waals surface area contributed by atoms with Crippen LogP contribution >= 0.6 is 45.3 Å². The van der Waals surface area contributed by atoms with Crippen molar-refractivity contribution in [1.29, 1.82) is 15.8 Å². The average Bonchev–Trinajstić information content (AvgIpc) is 2.22. The Bertz CT molecular complexity index is 4140. The van der Waals surface area contributed by atoms with Gasteiger partial charge in [0.05, 0.1) is 43.5 Å². The van der Waals surface area contributed by atoms with E-state index in [9.17, 15) is 15.8 Å². The van der Waals surface area contributed by atoms with Crippen LogP contribution in [0.25, 0.3) is 40.4 Å². The van der Waals surface area contributed by atoms with Gasteiger partial charge in [0.25, 0.3) is 0 Å². The molecule has 420 valence electrons. The molecule has 2 aliphatic rings. The summed E-state index contributed by atoms with van der Waals surface area (Å²) in [6.45, 7) is -1.25. The van der Waals surface area contributed by atoms with Crippen molar-refractivity contribution >= 4 is 90.8 Å². The van der Waals surface area contributed by atoms with E-state index in [1.165, 1.54) is 26.4 Å². The summed E-state index contributed by atoms with van der Waals surface area (Å²) in [5.41, 5.74) is 2.19. The zero-order chi connectivity index (χ0) is 59.2. The number of methoxy groups -OCH3 is 2. The summed E-state index contributed by atoms with van der Waals surface area (Å²) in [5.74, 6) is -4.42. The van der Waals surface area contributed by atoms with Crippen molar-refractivity contribution in [3.63, 3.8) is 0 Å². The van der Waals surface area contributed by atoms with Gasteiger partial charge in [0.1, 0.15) is 77.6 Å². The number of hydrogen-bond acceptors (Lipinski definition) is 21. The number of nitrogens with zero attached hydrogens (tertiary/aromatic N) is 5. The maximum atomic E-state index is 15.7.